The molecule has 5 heterocycles. The van der Waals surface area contributed by atoms with Crippen molar-refractivity contribution in [2.24, 2.45) is 0 Å². The van der Waals surface area contributed by atoms with Gasteiger partial charge in [-0.05, 0) is 74.6 Å². The van der Waals surface area contributed by atoms with Crippen LogP contribution >= 0.6 is 0 Å². The van der Waals surface area contributed by atoms with Gasteiger partial charge < -0.3 is 14.5 Å². The fourth-order valence-corrected chi connectivity index (χ4v) is 6.83. The van der Waals surface area contributed by atoms with Crippen LogP contribution in [0.2, 0.25) is 0 Å². The van der Waals surface area contributed by atoms with Crippen molar-refractivity contribution < 1.29 is 4.74 Å². The quantitative estimate of drug-likeness (QED) is 0.586. The normalized spacial score (nSPS) is 21.0. The number of anilines is 2. The van der Waals surface area contributed by atoms with Crippen molar-refractivity contribution in [2.45, 2.75) is 57.3 Å². The van der Waals surface area contributed by atoms with Crippen LogP contribution in [0.25, 0.3) is 0 Å². The first-order valence-electron chi connectivity index (χ1n) is 11.8. The molecule has 0 aliphatic carbocycles. The predicted octanol–water partition coefficient (Wildman–Crippen LogP) is 4.96. The summed E-state index contributed by atoms with van der Waals surface area (Å²) in [6, 6.07) is 4.80. The lowest BCUT2D eigenvalue weighted by Gasteiger charge is -2.42. The molecule has 5 aliphatic heterocycles. The Morgan fingerprint density at radius 2 is 1.20 bits per heavy atom. The van der Waals surface area contributed by atoms with Gasteiger partial charge in [0.15, 0.2) is 0 Å². The molecule has 0 N–H and O–H groups in total. The average molecular weight is 397 g/mol. The molecule has 0 radical (unpaired) electrons. The topological polar surface area (TPSA) is 15.7 Å². The van der Waals surface area contributed by atoms with E-state index in [1.54, 1.807) is 0 Å². The molecule has 0 atom stereocenters. The van der Waals surface area contributed by atoms with E-state index in [0.29, 0.717) is 0 Å². The molecule has 30 heavy (non-hydrogen) atoms. The Labute approximate surface area is 179 Å². The zero-order valence-corrected chi connectivity index (χ0v) is 17.6. The predicted molar refractivity (Wildman–Crippen MR) is 121 cm³/mol. The van der Waals surface area contributed by atoms with Crippen molar-refractivity contribution in [1.29, 1.82) is 0 Å². The van der Waals surface area contributed by atoms with Gasteiger partial charge in [-0.15, -0.1) is 6.42 Å². The van der Waals surface area contributed by atoms with Gasteiger partial charge in [0.2, 0.25) is 0 Å². The van der Waals surface area contributed by atoms with E-state index >= 15 is 0 Å². The van der Waals surface area contributed by atoms with E-state index in [-0.39, 0.29) is 5.92 Å². The Hall–Kier alpha value is -2.60. The SMILES string of the molecule is C#CC1c2cc3c4c(c2Oc2c1cc1c5c2CCCN5CCC1)CCCN4CCC3. The fourth-order valence-electron chi connectivity index (χ4n) is 6.83. The van der Waals surface area contributed by atoms with Crippen LogP contribution in [-0.4, -0.2) is 26.2 Å². The Morgan fingerprint density at radius 1 is 0.733 bits per heavy atom. The third kappa shape index (κ3) is 2.17. The van der Waals surface area contributed by atoms with E-state index in [0.717, 1.165) is 24.3 Å². The maximum absolute atomic E-state index is 6.90. The van der Waals surface area contributed by atoms with Gasteiger partial charge in [0.05, 0.1) is 5.92 Å². The lowest BCUT2D eigenvalue weighted by atomic mass is 9.79. The van der Waals surface area contributed by atoms with E-state index < -0.39 is 0 Å². The second-order valence-corrected chi connectivity index (χ2v) is 9.65. The summed E-state index contributed by atoms with van der Waals surface area (Å²) in [6.07, 6.45) is 15.7. The summed E-state index contributed by atoms with van der Waals surface area (Å²) in [5.74, 6) is 5.39. The van der Waals surface area contributed by atoms with Crippen LogP contribution in [0, 0.1) is 12.3 Å². The fraction of sp³-hybridized carbons (Fsp3) is 0.481. The maximum Gasteiger partial charge on any atom is 0.137 e. The number of aryl methyl sites for hydroxylation is 2. The number of hydrogen-bond acceptors (Lipinski definition) is 3. The highest BCUT2D eigenvalue weighted by molar-refractivity contribution is 5.77. The van der Waals surface area contributed by atoms with E-state index in [1.165, 1.54) is 109 Å². The molecule has 0 bridgehead atoms. The van der Waals surface area contributed by atoms with Crippen molar-refractivity contribution in [2.75, 3.05) is 36.0 Å². The summed E-state index contributed by atoms with van der Waals surface area (Å²) in [5, 5.41) is 0. The standard InChI is InChI=1S/C27H28N2O/c1-2-19-22-15-17-7-3-11-28-13-5-9-20(24(17)28)26(22)30-27-21-10-6-14-29-12-4-8-18(25(21)29)16-23(19)27/h1,15-16,19H,3-14H2. The smallest absolute Gasteiger partial charge is 0.137 e. The molecular weight excluding hydrogens is 368 g/mol. The molecule has 2 aromatic carbocycles. The highest BCUT2D eigenvalue weighted by atomic mass is 16.5. The average Bonchev–Trinajstić information content (AvgIpc) is 2.79. The Balaban J connectivity index is 1.48. The molecule has 3 nitrogen and oxygen atoms in total. The first-order chi connectivity index (χ1) is 14.8. The van der Waals surface area contributed by atoms with Crippen LogP contribution in [-0.2, 0) is 25.7 Å². The van der Waals surface area contributed by atoms with Crippen molar-refractivity contribution in [1.82, 2.24) is 0 Å². The summed E-state index contributed by atoms with van der Waals surface area (Å²) in [5.41, 5.74) is 11.3. The second kappa shape index (κ2) is 6.20. The Bertz CT molecular complexity index is 1040. The number of nitrogens with zero attached hydrogens (tertiary/aromatic N) is 2. The number of rotatable bonds is 0. The molecule has 0 spiro atoms. The summed E-state index contributed by atoms with van der Waals surface area (Å²) in [4.78, 5) is 5.20. The van der Waals surface area contributed by atoms with Gasteiger partial charge in [-0.2, -0.15) is 0 Å². The summed E-state index contributed by atoms with van der Waals surface area (Å²) in [7, 11) is 0. The number of hydrogen-bond donors (Lipinski definition) is 0. The van der Waals surface area contributed by atoms with Crippen LogP contribution in [0.4, 0.5) is 11.4 Å². The van der Waals surface area contributed by atoms with Crippen molar-refractivity contribution >= 4 is 11.4 Å². The summed E-state index contributed by atoms with van der Waals surface area (Å²) >= 11 is 0. The van der Waals surface area contributed by atoms with E-state index in [1.807, 2.05) is 0 Å². The lowest BCUT2D eigenvalue weighted by Crippen LogP contribution is -2.36. The first kappa shape index (κ1) is 17.1. The van der Waals surface area contributed by atoms with Crippen LogP contribution in [0.5, 0.6) is 11.5 Å². The lowest BCUT2D eigenvalue weighted by molar-refractivity contribution is 0.435. The number of fused-ring (bicyclic) bond motifs is 4. The van der Waals surface area contributed by atoms with Crippen LogP contribution in [0.3, 0.4) is 0 Å². The molecular formula is C27H28N2O. The zero-order valence-electron chi connectivity index (χ0n) is 17.6. The largest absolute Gasteiger partial charge is 0.456 e. The van der Waals surface area contributed by atoms with Gasteiger partial charge >= 0.3 is 0 Å². The summed E-state index contributed by atoms with van der Waals surface area (Å²) in [6.45, 7) is 4.73. The molecule has 0 fully saturated rings. The van der Waals surface area contributed by atoms with Gasteiger partial charge in [-0.25, -0.2) is 0 Å². The van der Waals surface area contributed by atoms with E-state index in [9.17, 15) is 0 Å². The highest BCUT2D eigenvalue weighted by Gasteiger charge is 2.38. The van der Waals surface area contributed by atoms with Crippen LogP contribution < -0.4 is 14.5 Å². The van der Waals surface area contributed by atoms with E-state index in [4.69, 9.17) is 11.2 Å². The summed E-state index contributed by atoms with van der Waals surface area (Å²) < 4.78 is 6.90. The highest BCUT2D eigenvalue weighted by Crippen LogP contribution is 2.55. The van der Waals surface area contributed by atoms with Gasteiger partial charge in [0.25, 0.3) is 0 Å². The third-order valence-corrected chi connectivity index (χ3v) is 8.00. The zero-order chi connectivity index (χ0) is 19.8. The molecule has 0 amide bonds. The monoisotopic (exact) mass is 396 g/mol. The van der Waals surface area contributed by atoms with Crippen molar-refractivity contribution in [3.05, 3.63) is 45.5 Å². The van der Waals surface area contributed by atoms with Crippen molar-refractivity contribution in [3.8, 4) is 23.8 Å². The number of ether oxygens (including phenoxy) is 1. The van der Waals surface area contributed by atoms with Gasteiger partial charge in [-0.1, -0.05) is 5.92 Å². The molecule has 0 saturated carbocycles. The van der Waals surface area contributed by atoms with Crippen LogP contribution in [0.1, 0.15) is 65.0 Å². The number of terminal acetylenes is 1. The maximum atomic E-state index is 6.90. The molecule has 2 aromatic rings. The first-order valence-corrected chi connectivity index (χ1v) is 11.8. The van der Waals surface area contributed by atoms with Crippen LogP contribution in [0.15, 0.2) is 12.1 Å². The minimum absolute atomic E-state index is 0.0152. The third-order valence-electron chi connectivity index (χ3n) is 8.00. The molecule has 7 rings (SSSR count). The molecule has 0 aromatic heterocycles. The minimum Gasteiger partial charge on any atom is -0.456 e. The van der Waals surface area contributed by atoms with Gasteiger partial charge in [0.1, 0.15) is 11.5 Å². The minimum atomic E-state index is 0.0152. The number of benzene rings is 2. The Morgan fingerprint density at radius 3 is 1.67 bits per heavy atom. The molecule has 152 valence electrons. The Kier molecular flexibility index (Phi) is 3.54. The van der Waals surface area contributed by atoms with Gasteiger partial charge in [-0.3, -0.25) is 0 Å². The van der Waals surface area contributed by atoms with E-state index in [2.05, 4.69) is 27.9 Å². The molecule has 3 heteroatoms. The second-order valence-electron chi connectivity index (χ2n) is 9.65. The molecule has 0 unspecified atom stereocenters. The molecule has 5 aliphatic rings. The van der Waals surface area contributed by atoms with Gasteiger partial charge in [0, 0.05) is 59.8 Å². The van der Waals surface area contributed by atoms with Crippen molar-refractivity contribution in [3.63, 3.8) is 0 Å². The molecule has 0 saturated heterocycles.